The van der Waals surface area contributed by atoms with Crippen LogP contribution in [0.1, 0.15) is 32.6 Å². The smallest absolute Gasteiger partial charge is 0.349 e. The van der Waals surface area contributed by atoms with E-state index in [2.05, 4.69) is 4.98 Å². The van der Waals surface area contributed by atoms with Gasteiger partial charge in [0.15, 0.2) is 0 Å². The van der Waals surface area contributed by atoms with Gasteiger partial charge in [0, 0.05) is 12.3 Å². The van der Waals surface area contributed by atoms with Gasteiger partial charge in [0.25, 0.3) is 0 Å². The second kappa shape index (κ2) is 5.87. The molecule has 0 amide bonds. The number of phenols is 3. The van der Waals surface area contributed by atoms with Crippen LogP contribution in [0.15, 0.2) is 41.3 Å². The van der Waals surface area contributed by atoms with Crippen LogP contribution < -0.4 is 11.4 Å². The molecule has 0 bridgehead atoms. The summed E-state index contributed by atoms with van der Waals surface area (Å²) in [5.74, 6) is -1.11. The highest BCUT2D eigenvalue weighted by atomic mass is 16.3. The Labute approximate surface area is 152 Å². The van der Waals surface area contributed by atoms with Crippen LogP contribution >= 0.6 is 0 Å². The fourth-order valence-electron chi connectivity index (χ4n) is 3.40. The molecule has 0 aliphatic heterocycles. The monoisotopic (exact) mass is 365 g/mol. The Kier molecular flexibility index (Phi) is 3.62. The van der Waals surface area contributed by atoms with Crippen molar-refractivity contribution in [2.24, 2.45) is 0 Å². The van der Waals surface area contributed by atoms with E-state index in [1.807, 2.05) is 0 Å². The summed E-state index contributed by atoms with van der Waals surface area (Å²) in [6.07, 6.45) is 1.74. The molecule has 2 aromatic carbocycles. The maximum absolute atomic E-state index is 12.7. The van der Waals surface area contributed by atoms with Gasteiger partial charge in [-0.2, -0.15) is 4.98 Å². The van der Waals surface area contributed by atoms with Crippen molar-refractivity contribution in [3.8, 4) is 17.2 Å². The molecule has 0 spiro atoms. The van der Waals surface area contributed by atoms with Crippen molar-refractivity contribution in [3.05, 3.63) is 74.8 Å². The van der Waals surface area contributed by atoms with Crippen molar-refractivity contribution in [2.45, 2.75) is 13.0 Å². The number of rotatable bonds is 2. The third-order valence-electron chi connectivity index (χ3n) is 4.53. The van der Waals surface area contributed by atoms with Gasteiger partial charge < -0.3 is 21.1 Å². The quantitative estimate of drug-likeness (QED) is 0.417. The van der Waals surface area contributed by atoms with Crippen LogP contribution in [0.2, 0.25) is 0 Å². The molecule has 0 fully saturated rings. The maximum atomic E-state index is 12.7. The van der Waals surface area contributed by atoms with Crippen LogP contribution in [0.25, 0.3) is 0 Å². The Morgan fingerprint density at radius 1 is 1.00 bits per heavy atom. The number of carbonyl (C=O) groups excluding carboxylic acids is 1. The normalized spacial score (nSPS) is 12.5. The van der Waals surface area contributed by atoms with Crippen molar-refractivity contribution < 1.29 is 20.1 Å². The molecule has 0 saturated carbocycles. The van der Waals surface area contributed by atoms with Gasteiger partial charge in [-0.25, -0.2) is 4.79 Å². The summed E-state index contributed by atoms with van der Waals surface area (Å²) in [5, 5.41) is 30.1. The van der Waals surface area contributed by atoms with E-state index in [0.717, 1.165) is 6.07 Å². The Balaban J connectivity index is 1.78. The standard InChI is InChI=1S/C19H15N3O5/c20-15-1-2-22(19(27)21-15)8-9-3-10-5-11-6-12(23)7-14(25)17(11)18(26)16(10)13(24)4-9/h1-4,6-7,23-25H,5,8H2,(H2,20,21,27). The number of nitrogens with two attached hydrogens (primary N) is 1. The molecule has 0 radical (unpaired) electrons. The lowest BCUT2D eigenvalue weighted by atomic mass is 9.83. The van der Waals surface area contributed by atoms with Gasteiger partial charge in [0.2, 0.25) is 5.78 Å². The van der Waals surface area contributed by atoms with Gasteiger partial charge >= 0.3 is 5.69 Å². The SMILES string of the molecule is Nc1ccn(Cc2cc(O)c3c(c2)Cc2cc(O)cc(O)c2C3=O)c(=O)n1. The zero-order valence-electron chi connectivity index (χ0n) is 14.0. The van der Waals surface area contributed by atoms with Crippen molar-refractivity contribution in [3.63, 3.8) is 0 Å². The third kappa shape index (κ3) is 2.77. The number of ketones is 1. The molecule has 8 heteroatoms. The fraction of sp³-hybridized carbons (Fsp3) is 0.105. The second-order valence-electron chi connectivity index (χ2n) is 6.42. The van der Waals surface area contributed by atoms with Crippen molar-refractivity contribution in [1.82, 2.24) is 9.55 Å². The van der Waals surface area contributed by atoms with Crippen LogP contribution in [0.3, 0.4) is 0 Å². The molecule has 4 rings (SSSR count). The minimum Gasteiger partial charge on any atom is -0.508 e. The zero-order valence-corrected chi connectivity index (χ0v) is 14.0. The van der Waals surface area contributed by atoms with E-state index >= 15 is 0 Å². The molecule has 0 unspecified atom stereocenters. The lowest BCUT2D eigenvalue weighted by Crippen LogP contribution is -2.24. The average Bonchev–Trinajstić information content (AvgIpc) is 2.56. The predicted molar refractivity (Wildman–Crippen MR) is 96.1 cm³/mol. The van der Waals surface area contributed by atoms with E-state index in [-0.39, 0.29) is 47.2 Å². The fourth-order valence-corrected chi connectivity index (χ4v) is 3.40. The van der Waals surface area contributed by atoms with Gasteiger partial charge in [-0.15, -0.1) is 0 Å². The molecule has 0 saturated heterocycles. The zero-order chi connectivity index (χ0) is 19.3. The molecule has 1 aromatic heterocycles. The predicted octanol–water partition coefficient (Wildman–Crippen LogP) is 1.13. The Morgan fingerprint density at radius 3 is 2.37 bits per heavy atom. The summed E-state index contributed by atoms with van der Waals surface area (Å²) >= 11 is 0. The molecule has 136 valence electrons. The molecule has 1 aliphatic carbocycles. The molecular weight excluding hydrogens is 350 g/mol. The summed E-state index contributed by atoms with van der Waals surface area (Å²) in [6.45, 7) is 0.138. The number of carbonyl (C=O) groups is 1. The minimum atomic E-state index is -0.525. The number of hydrogen-bond donors (Lipinski definition) is 4. The highest BCUT2D eigenvalue weighted by Gasteiger charge is 2.29. The van der Waals surface area contributed by atoms with Gasteiger partial charge in [-0.05, 0) is 41.3 Å². The summed E-state index contributed by atoms with van der Waals surface area (Å²) in [5.41, 5.74) is 6.74. The summed E-state index contributed by atoms with van der Waals surface area (Å²) in [7, 11) is 0. The van der Waals surface area contributed by atoms with Crippen LogP contribution in [-0.2, 0) is 13.0 Å². The van der Waals surface area contributed by atoms with Crippen molar-refractivity contribution >= 4 is 11.6 Å². The number of nitrogens with zero attached hydrogens (tertiary/aromatic N) is 2. The van der Waals surface area contributed by atoms with Crippen molar-refractivity contribution in [2.75, 3.05) is 5.73 Å². The first-order valence-corrected chi connectivity index (χ1v) is 8.11. The van der Waals surface area contributed by atoms with Gasteiger partial charge in [0.05, 0.1) is 17.7 Å². The molecule has 3 aromatic rings. The first kappa shape index (κ1) is 16.6. The lowest BCUT2D eigenvalue weighted by Gasteiger charge is -2.21. The van der Waals surface area contributed by atoms with E-state index in [0.29, 0.717) is 16.7 Å². The molecule has 1 aliphatic rings. The average molecular weight is 365 g/mol. The number of benzene rings is 2. The summed E-state index contributed by atoms with van der Waals surface area (Å²) in [6, 6.07) is 7.11. The van der Waals surface area contributed by atoms with Gasteiger partial charge in [-0.3, -0.25) is 9.36 Å². The van der Waals surface area contributed by atoms with Crippen LogP contribution in [0, 0.1) is 0 Å². The Hall–Kier alpha value is -3.81. The highest BCUT2D eigenvalue weighted by Crippen LogP contribution is 2.39. The molecule has 8 nitrogen and oxygen atoms in total. The molecular formula is C19H15N3O5. The van der Waals surface area contributed by atoms with Crippen LogP contribution in [0.5, 0.6) is 17.2 Å². The summed E-state index contributed by atoms with van der Waals surface area (Å²) < 4.78 is 1.33. The molecule has 5 N–H and O–H groups in total. The van der Waals surface area contributed by atoms with E-state index in [1.165, 1.54) is 29.0 Å². The molecule has 27 heavy (non-hydrogen) atoms. The number of phenolic OH excluding ortho intramolecular Hbond substituents is 3. The van der Waals surface area contributed by atoms with Crippen LogP contribution in [0.4, 0.5) is 5.82 Å². The number of anilines is 1. The topological polar surface area (TPSA) is 139 Å². The maximum Gasteiger partial charge on any atom is 0.349 e. The number of aromatic nitrogens is 2. The van der Waals surface area contributed by atoms with Gasteiger partial charge in [0.1, 0.15) is 23.1 Å². The second-order valence-corrected chi connectivity index (χ2v) is 6.42. The first-order valence-electron chi connectivity index (χ1n) is 8.11. The third-order valence-corrected chi connectivity index (χ3v) is 4.53. The Morgan fingerprint density at radius 2 is 1.67 bits per heavy atom. The largest absolute Gasteiger partial charge is 0.508 e. The molecule has 0 atom stereocenters. The number of aromatic hydroxyl groups is 3. The van der Waals surface area contributed by atoms with E-state index in [4.69, 9.17) is 5.73 Å². The number of nitrogen functional groups attached to an aromatic ring is 1. The number of hydrogen-bond acceptors (Lipinski definition) is 7. The minimum absolute atomic E-state index is 0.0716. The van der Waals surface area contributed by atoms with E-state index < -0.39 is 11.5 Å². The van der Waals surface area contributed by atoms with Gasteiger partial charge in [-0.1, -0.05) is 6.07 Å². The van der Waals surface area contributed by atoms with E-state index in [1.54, 1.807) is 6.07 Å². The van der Waals surface area contributed by atoms with Crippen LogP contribution in [-0.4, -0.2) is 30.7 Å². The van der Waals surface area contributed by atoms with E-state index in [9.17, 15) is 24.9 Å². The Bertz CT molecular complexity index is 1170. The molecule has 1 heterocycles. The lowest BCUT2D eigenvalue weighted by molar-refractivity contribution is 0.102. The number of fused-ring (bicyclic) bond motifs is 2. The first-order chi connectivity index (χ1) is 12.8. The highest BCUT2D eigenvalue weighted by molar-refractivity contribution is 6.15. The summed E-state index contributed by atoms with van der Waals surface area (Å²) in [4.78, 5) is 28.3. The van der Waals surface area contributed by atoms with Crippen molar-refractivity contribution in [1.29, 1.82) is 0 Å².